The van der Waals surface area contributed by atoms with Crippen LogP contribution in [0, 0.1) is 12.8 Å². The summed E-state index contributed by atoms with van der Waals surface area (Å²) in [6, 6.07) is 16.5. The van der Waals surface area contributed by atoms with Crippen LogP contribution in [0.1, 0.15) is 44.1 Å². The Bertz CT molecular complexity index is 916. The zero-order valence-electron chi connectivity index (χ0n) is 21.4. The Morgan fingerprint density at radius 3 is 2.31 bits per heavy atom. The molecule has 5 rings (SSSR count). The largest absolute Gasteiger partial charge is 0.493 e. The van der Waals surface area contributed by atoms with Gasteiger partial charge in [-0.05, 0) is 70.2 Å². The highest BCUT2D eigenvalue weighted by Crippen LogP contribution is 2.35. The predicted octanol–water partition coefficient (Wildman–Crippen LogP) is 4.66. The Hall–Kier alpha value is -2.73. The van der Waals surface area contributed by atoms with Gasteiger partial charge in [0.15, 0.2) is 11.5 Å². The summed E-state index contributed by atoms with van der Waals surface area (Å²) >= 11 is 0. The molecule has 190 valence electrons. The summed E-state index contributed by atoms with van der Waals surface area (Å²) in [4.78, 5) is 17.0. The third-order valence-corrected chi connectivity index (χ3v) is 7.31. The first-order valence-corrected chi connectivity index (χ1v) is 13.2. The molecule has 2 aliphatic heterocycles. The molecule has 2 aromatic carbocycles. The Morgan fingerprint density at radius 1 is 0.971 bits per heavy atom. The maximum absolute atomic E-state index is 12.6. The van der Waals surface area contributed by atoms with Crippen molar-refractivity contribution < 1.29 is 14.3 Å². The monoisotopic (exact) mass is 479 g/mol. The Balaban J connectivity index is 0.000000356. The molecule has 3 aliphatic rings. The normalized spacial score (nSPS) is 20.3. The number of hydrogen-bond acceptors (Lipinski definition) is 5. The summed E-state index contributed by atoms with van der Waals surface area (Å²) in [6.07, 6.45) is 6.88. The second-order valence-corrected chi connectivity index (χ2v) is 9.94. The third-order valence-electron chi connectivity index (χ3n) is 7.31. The van der Waals surface area contributed by atoms with Gasteiger partial charge in [0.1, 0.15) is 0 Å². The number of nitrogens with one attached hydrogen (secondary N) is 1. The SMILES string of the molecule is COc1ccc(N2CCN(C(=O)CC3CCNC3)CC2)cc1OC1CCCC1.Cc1ccccc1. The molecule has 1 N–H and O–H groups in total. The number of methoxy groups -OCH3 is 1. The molecule has 2 saturated heterocycles. The van der Waals surface area contributed by atoms with Crippen LogP contribution in [0.25, 0.3) is 0 Å². The van der Waals surface area contributed by atoms with Crippen molar-refractivity contribution in [3.8, 4) is 11.5 Å². The van der Waals surface area contributed by atoms with E-state index in [0.29, 0.717) is 24.3 Å². The average Bonchev–Trinajstić information content (AvgIpc) is 3.60. The van der Waals surface area contributed by atoms with Crippen LogP contribution in [-0.4, -0.2) is 63.3 Å². The molecule has 1 saturated carbocycles. The van der Waals surface area contributed by atoms with E-state index in [0.717, 1.165) is 75.7 Å². The van der Waals surface area contributed by atoms with Gasteiger partial charge in [-0.2, -0.15) is 0 Å². The number of amides is 1. The van der Waals surface area contributed by atoms with Crippen molar-refractivity contribution in [3.05, 3.63) is 54.1 Å². The molecule has 6 nitrogen and oxygen atoms in total. The first-order chi connectivity index (χ1) is 17.1. The second kappa shape index (κ2) is 12.8. The van der Waals surface area contributed by atoms with Gasteiger partial charge in [0, 0.05) is 44.4 Å². The molecule has 0 spiro atoms. The average molecular weight is 480 g/mol. The number of piperazine rings is 1. The van der Waals surface area contributed by atoms with E-state index < -0.39 is 0 Å². The van der Waals surface area contributed by atoms with E-state index in [1.807, 2.05) is 29.2 Å². The number of benzene rings is 2. The van der Waals surface area contributed by atoms with Crippen LogP contribution < -0.4 is 19.7 Å². The zero-order chi connectivity index (χ0) is 24.5. The van der Waals surface area contributed by atoms with E-state index in [-0.39, 0.29) is 0 Å². The summed E-state index contributed by atoms with van der Waals surface area (Å²) in [5.74, 6) is 2.48. The number of ether oxygens (including phenoxy) is 2. The van der Waals surface area contributed by atoms with Crippen molar-refractivity contribution in [3.63, 3.8) is 0 Å². The van der Waals surface area contributed by atoms with Crippen LogP contribution >= 0.6 is 0 Å². The number of hydrogen-bond donors (Lipinski definition) is 1. The Morgan fingerprint density at radius 2 is 1.71 bits per heavy atom. The minimum Gasteiger partial charge on any atom is -0.493 e. The first kappa shape index (κ1) is 25.4. The first-order valence-electron chi connectivity index (χ1n) is 13.2. The van der Waals surface area contributed by atoms with Gasteiger partial charge in [-0.1, -0.05) is 35.9 Å². The molecule has 1 amide bonds. The van der Waals surface area contributed by atoms with Crippen LogP contribution in [0.2, 0.25) is 0 Å². The molecule has 1 atom stereocenters. The van der Waals surface area contributed by atoms with Crippen LogP contribution in [-0.2, 0) is 4.79 Å². The third kappa shape index (κ3) is 7.38. The van der Waals surface area contributed by atoms with Crippen LogP contribution in [0.3, 0.4) is 0 Å². The minimum atomic E-state index is 0.309. The van der Waals surface area contributed by atoms with Crippen molar-refractivity contribution in [1.82, 2.24) is 10.2 Å². The highest BCUT2D eigenvalue weighted by molar-refractivity contribution is 5.77. The fourth-order valence-corrected chi connectivity index (χ4v) is 5.15. The maximum atomic E-state index is 12.6. The van der Waals surface area contributed by atoms with Crippen LogP contribution in [0.5, 0.6) is 11.5 Å². The molecule has 0 radical (unpaired) electrons. The molecule has 35 heavy (non-hydrogen) atoms. The van der Waals surface area contributed by atoms with Crippen molar-refractivity contribution >= 4 is 11.6 Å². The molecular formula is C29H41N3O3. The minimum absolute atomic E-state index is 0.309. The molecule has 2 aromatic rings. The van der Waals surface area contributed by atoms with Gasteiger partial charge in [0.2, 0.25) is 5.91 Å². The second-order valence-electron chi connectivity index (χ2n) is 9.94. The number of nitrogens with zero attached hydrogens (tertiary/aromatic N) is 2. The molecule has 1 unspecified atom stereocenters. The standard InChI is InChI=1S/C22H33N3O3.C7H8/c1-27-20-7-6-18(15-21(20)28-19-4-2-3-5-19)24-10-12-25(13-11-24)22(26)14-17-8-9-23-16-17;1-7-5-3-2-4-6-7/h6-7,15,17,19,23H,2-5,8-14,16H2,1H3;2-6H,1H3. The van der Waals surface area contributed by atoms with Gasteiger partial charge in [-0.25, -0.2) is 0 Å². The summed E-state index contributed by atoms with van der Waals surface area (Å²) in [7, 11) is 1.70. The van der Waals surface area contributed by atoms with E-state index >= 15 is 0 Å². The van der Waals surface area contributed by atoms with Crippen molar-refractivity contribution in [2.75, 3.05) is 51.3 Å². The number of aryl methyl sites for hydroxylation is 1. The maximum Gasteiger partial charge on any atom is 0.223 e. The van der Waals surface area contributed by atoms with E-state index in [1.165, 1.54) is 18.4 Å². The lowest BCUT2D eigenvalue weighted by atomic mass is 10.0. The number of anilines is 1. The van der Waals surface area contributed by atoms with E-state index in [2.05, 4.69) is 41.4 Å². The van der Waals surface area contributed by atoms with E-state index in [4.69, 9.17) is 9.47 Å². The predicted molar refractivity (Wildman–Crippen MR) is 141 cm³/mol. The molecule has 2 heterocycles. The summed E-state index contributed by atoms with van der Waals surface area (Å²) in [5.41, 5.74) is 2.48. The van der Waals surface area contributed by atoms with Gasteiger partial charge in [0.05, 0.1) is 13.2 Å². The lowest BCUT2D eigenvalue weighted by molar-refractivity contribution is -0.132. The number of carbonyl (C=O) groups excluding carboxylic acids is 1. The van der Waals surface area contributed by atoms with Crippen molar-refractivity contribution in [2.45, 2.75) is 51.6 Å². The molecule has 0 aromatic heterocycles. The van der Waals surface area contributed by atoms with Crippen LogP contribution in [0.15, 0.2) is 48.5 Å². The molecule has 1 aliphatic carbocycles. The smallest absolute Gasteiger partial charge is 0.223 e. The fourth-order valence-electron chi connectivity index (χ4n) is 5.15. The van der Waals surface area contributed by atoms with Gasteiger partial charge in [0.25, 0.3) is 0 Å². The zero-order valence-corrected chi connectivity index (χ0v) is 21.4. The van der Waals surface area contributed by atoms with E-state index in [9.17, 15) is 4.79 Å². The lowest BCUT2D eigenvalue weighted by Crippen LogP contribution is -2.49. The van der Waals surface area contributed by atoms with Crippen LogP contribution in [0.4, 0.5) is 5.69 Å². The van der Waals surface area contributed by atoms with E-state index in [1.54, 1.807) is 7.11 Å². The summed E-state index contributed by atoms with van der Waals surface area (Å²) in [6.45, 7) is 7.44. The highest BCUT2D eigenvalue weighted by Gasteiger charge is 2.26. The summed E-state index contributed by atoms with van der Waals surface area (Å²) in [5, 5.41) is 3.35. The van der Waals surface area contributed by atoms with Crippen molar-refractivity contribution in [1.29, 1.82) is 0 Å². The van der Waals surface area contributed by atoms with Crippen molar-refractivity contribution in [2.24, 2.45) is 5.92 Å². The van der Waals surface area contributed by atoms with Gasteiger partial charge in [-0.15, -0.1) is 0 Å². The number of rotatable bonds is 6. The lowest BCUT2D eigenvalue weighted by Gasteiger charge is -2.36. The van der Waals surface area contributed by atoms with Gasteiger partial charge in [-0.3, -0.25) is 4.79 Å². The molecule has 3 fully saturated rings. The number of carbonyl (C=O) groups is 1. The van der Waals surface area contributed by atoms with Gasteiger partial charge < -0.3 is 24.6 Å². The topological polar surface area (TPSA) is 54.0 Å². The Kier molecular flexibility index (Phi) is 9.29. The fraction of sp³-hybridized carbons (Fsp3) is 0.552. The van der Waals surface area contributed by atoms with Gasteiger partial charge >= 0.3 is 0 Å². The summed E-state index contributed by atoms with van der Waals surface area (Å²) < 4.78 is 11.7. The molecular weight excluding hydrogens is 438 g/mol. The Labute approximate surface area is 210 Å². The quantitative estimate of drug-likeness (QED) is 0.653. The molecule has 6 heteroatoms. The molecule has 0 bridgehead atoms. The highest BCUT2D eigenvalue weighted by atomic mass is 16.5.